The predicted octanol–water partition coefficient (Wildman–Crippen LogP) is 3.63. The zero-order chi connectivity index (χ0) is 21.9. The standard InChI is InChI=1S/C21H24N2O5S2/c1-4-18-21(25)23-16-12-14(6-8-19(16)29-18)30(26,27)10-9-20(24)22-15-11-13(2)5-7-17(15)28-3/h5-8,11-12,18H,4,9-10H2,1-3H3,(H,22,24)(H,23,25). The number of ether oxygens (including phenoxy) is 1. The Kier molecular flexibility index (Phi) is 6.72. The Hall–Kier alpha value is -2.52. The van der Waals surface area contributed by atoms with Gasteiger partial charge in [0, 0.05) is 11.3 Å². The number of nitrogens with one attached hydrogen (secondary N) is 2. The highest BCUT2D eigenvalue weighted by Gasteiger charge is 2.27. The van der Waals surface area contributed by atoms with Gasteiger partial charge < -0.3 is 15.4 Å². The molecule has 1 heterocycles. The van der Waals surface area contributed by atoms with Gasteiger partial charge in [0.15, 0.2) is 9.84 Å². The number of benzene rings is 2. The number of methoxy groups -OCH3 is 1. The molecule has 2 aromatic rings. The first-order valence-electron chi connectivity index (χ1n) is 9.52. The molecule has 7 nitrogen and oxygen atoms in total. The summed E-state index contributed by atoms with van der Waals surface area (Å²) in [5.41, 5.74) is 1.93. The van der Waals surface area contributed by atoms with E-state index in [0.717, 1.165) is 10.5 Å². The number of amides is 2. The number of aryl methyl sites for hydroxylation is 1. The van der Waals surface area contributed by atoms with Crippen LogP contribution in [0.4, 0.5) is 11.4 Å². The lowest BCUT2D eigenvalue weighted by Crippen LogP contribution is -2.28. The molecule has 2 aromatic carbocycles. The maximum atomic E-state index is 12.7. The minimum Gasteiger partial charge on any atom is -0.495 e. The number of carbonyl (C=O) groups is 2. The third kappa shape index (κ3) is 4.96. The number of anilines is 2. The summed E-state index contributed by atoms with van der Waals surface area (Å²) in [7, 11) is -2.19. The number of sulfone groups is 1. The molecule has 0 saturated carbocycles. The second-order valence-electron chi connectivity index (χ2n) is 6.98. The molecular weight excluding hydrogens is 424 g/mol. The molecule has 1 atom stereocenters. The van der Waals surface area contributed by atoms with Gasteiger partial charge in [-0.3, -0.25) is 9.59 Å². The van der Waals surface area contributed by atoms with Crippen LogP contribution in [-0.2, 0) is 19.4 Å². The van der Waals surface area contributed by atoms with Crippen LogP contribution in [0.25, 0.3) is 0 Å². The molecule has 1 aliphatic heterocycles. The first-order valence-corrected chi connectivity index (χ1v) is 12.1. The Labute approximate surface area is 180 Å². The van der Waals surface area contributed by atoms with Crippen LogP contribution in [0.3, 0.4) is 0 Å². The maximum absolute atomic E-state index is 12.7. The van der Waals surface area contributed by atoms with Crippen molar-refractivity contribution >= 4 is 44.8 Å². The van der Waals surface area contributed by atoms with Crippen LogP contribution in [0.1, 0.15) is 25.3 Å². The lowest BCUT2D eigenvalue weighted by Gasteiger charge is -2.23. The largest absolute Gasteiger partial charge is 0.495 e. The van der Waals surface area contributed by atoms with Gasteiger partial charge in [0.25, 0.3) is 0 Å². The van der Waals surface area contributed by atoms with E-state index in [9.17, 15) is 18.0 Å². The summed E-state index contributed by atoms with van der Waals surface area (Å²) >= 11 is 1.43. The molecule has 3 rings (SSSR count). The maximum Gasteiger partial charge on any atom is 0.237 e. The lowest BCUT2D eigenvalue weighted by atomic mass is 10.2. The molecule has 1 unspecified atom stereocenters. The SMILES string of the molecule is CCC1Sc2ccc(S(=O)(=O)CCC(=O)Nc3cc(C)ccc3OC)cc2NC1=O. The summed E-state index contributed by atoms with van der Waals surface area (Å²) in [6.07, 6.45) is 0.492. The van der Waals surface area contributed by atoms with E-state index < -0.39 is 15.7 Å². The number of thioether (sulfide) groups is 1. The third-order valence-corrected chi connectivity index (χ3v) is 7.88. The normalized spacial score (nSPS) is 15.8. The van der Waals surface area contributed by atoms with Crippen LogP contribution >= 0.6 is 11.8 Å². The van der Waals surface area contributed by atoms with Crippen molar-refractivity contribution in [1.29, 1.82) is 0 Å². The topological polar surface area (TPSA) is 102 Å². The van der Waals surface area contributed by atoms with Crippen molar-refractivity contribution in [1.82, 2.24) is 0 Å². The highest BCUT2D eigenvalue weighted by atomic mass is 32.2. The Morgan fingerprint density at radius 3 is 2.70 bits per heavy atom. The molecule has 0 aromatic heterocycles. The molecule has 2 N–H and O–H groups in total. The molecule has 160 valence electrons. The zero-order valence-electron chi connectivity index (χ0n) is 17.0. The molecule has 1 aliphatic rings. The van der Waals surface area contributed by atoms with Gasteiger partial charge in [0.2, 0.25) is 11.8 Å². The Balaban J connectivity index is 1.69. The van der Waals surface area contributed by atoms with Gasteiger partial charge in [-0.05, 0) is 49.2 Å². The van der Waals surface area contributed by atoms with Crippen LogP contribution in [0.15, 0.2) is 46.2 Å². The molecule has 0 aliphatic carbocycles. The minimum absolute atomic E-state index is 0.0815. The van der Waals surface area contributed by atoms with Crippen molar-refractivity contribution in [3.05, 3.63) is 42.0 Å². The van der Waals surface area contributed by atoms with E-state index in [0.29, 0.717) is 23.5 Å². The van der Waals surface area contributed by atoms with E-state index in [-0.39, 0.29) is 28.2 Å². The van der Waals surface area contributed by atoms with Crippen molar-refractivity contribution in [2.24, 2.45) is 0 Å². The number of rotatable bonds is 7. The molecule has 0 radical (unpaired) electrons. The van der Waals surface area contributed by atoms with Crippen molar-refractivity contribution < 1.29 is 22.7 Å². The summed E-state index contributed by atoms with van der Waals surface area (Å²) in [4.78, 5) is 25.3. The van der Waals surface area contributed by atoms with E-state index in [1.54, 1.807) is 18.2 Å². The highest BCUT2D eigenvalue weighted by molar-refractivity contribution is 8.01. The lowest BCUT2D eigenvalue weighted by molar-refractivity contribution is -0.116. The number of fused-ring (bicyclic) bond motifs is 1. The van der Waals surface area contributed by atoms with Crippen LogP contribution in [0.5, 0.6) is 5.75 Å². The van der Waals surface area contributed by atoms with Crippen molar-refractivity contribution in [2.75, 3.05) is 23.5 Å². The van der Waals surface area contributed by atoms with Crippen LogP contribution in [0.2, 0.25) is 0 Å². The van der Waals surface area contributed by atoms with Gasteiger partial charge in [-0.25, -0.2) is 8.42 Å². The number of hydrogen-bond donors (Lipinski definition) is 2. The quantitative estimate of drug-likeness (QED) is 0.671. The van der Waals surface area contributed by atoms with Gasteiger partial charge >= 0.3 is 0 Å². The molecule has 0 saturated heterocycles. The molecular formula is C21H24N2O5S2. The van der Waals surface area contributed by atoms with Gasteiger partial charge in [-0.2, -0.15) is 0 Å². The second kappa shape index (κ2) is 9.09. The van der Waals surface area contributed by atoms with Gasteiger partial charge in [0.05, 0.1) is 34.4 Å². The zero-order valence-corrected chi connectivity index (χ0v) is 18.7. The molecule has 0 fully saturated rings. The Morgan fingerprint density at radius 1 is 1.23 bits per heavy atom. The van der Waals surface area contributed by atoms with E-state index in [2.05, 4.69) is 10.6 Å². The van der Waals surface area contributed by atoms with Crippen LogP contribution in [-0.4, -0.2) is 38.3 Å². The van der Waals surface area contributed by atoms with E-state index in [1.165, 1.54) is 31.0 Å². The van der Waals surface area contributed by atoms with Crippen LogP contribution < -0.4 is 15.4 Å². The summed E-state index contributed by atoms with van der Waals surface area (Å²) in [6, 6.07) is 10.0. The molecule has 9 heteroatoms. The third-order valence-electron chi connectivity index (χ3n) is 4.73. The number of carbonyl (C=O) groups excluding carboxylic acids is 2. The second-order valence-corrected chi connectivity index (χ2v) is 10.3. The fourth-order valence-corrected chi connectivity index (χ4v) is 5.35. The van der Waals surface area contributed by atoms with Crippen LogP contribution in [0, 0.1) is 6.92 Å². The smallest absolute Gasteiger partial charge is 0.237 e. The van der Waals surface area contributed by atoms with Crippen molar-refractivity contribution in [2.45, 2.75) is 41.7 Å². The minimum atomic E-state index is -3.69. The fourth-order valence-electron chi connectivity index (χ4n) is 3.07. The molecule has 30 heavy (non-hydrogen) atoms. The molecule has 0 bridgehead atoms. The van der Waals surface area contributed by atoms with Gasteiger partial charge in [0.1, 0.15) is 5.75 Å². The molecule has 2 amide bonds. The fraction of sp³-hybridized carbons (Fsp3) is 0.333. The monoisotopic (exact) mass is 448 g/mol. The summed E-state index contributed by atoms with van der Waals surface area (Å²) in [5.74, 6) is -0.388. The Morgan fingerprint density at radius 2 is 2.00 bits per heavy atom. The van der Waals surface area contributed by atoms with E-state index in [1.807, 2.05) is 19.9 Å². The average Bonchev–Trinajstić information content (AvgIpc) is 2.71. The first-order chi connectivity index (χ1) is 14.2. The van der Waals surface area contributed by atoms with E-state index in [4.69, 9.17) is 4.74 Å². The summed E-state index contributed by atoms with van der Waals surface area (Å²) in [5, 5.41) is 5.30. The highest BCUT2D eigenvalue weighted by Crippen LogP contribution is 2.38. The predicted molar refractivity (Wildman–Crippen MR) is 118 cm³/mol. The number of hydrogen-bond acceptors (Lipinski definition) is 6. The van der Waals surface area contributed by atoms with Crippen molar-refractivity contribution in [3.63, 3.8) is 0 Å². The van der Waals surface area contributed by atoms with Gasteiger partial charge in [-0.15, -0.1) is 11.8 Å². The van der Waals surface area contributed by atoms with Crippen molar-refractivity contribution in [3.8, 4) is 5.75 Å². The van der Waals surface area contributed by atoms with Gasteiger partial charge in [-0.1, -0.05) is 13.0 Å². The first kappa shape index (κ1) is 22.2. The Bertz CT molecular complexity index is 1080. The average molecular weight is 449 g/mol. The molecule has 0 spiro atoms. The summed E-state index contributed by atoms with van der Waals surface area (Å²) in [6.45, 7) is 3.81. The summed E-state index contributed by atoms with van der Waals surface area (Å²) < 4.78 is 30.7. The van der Waals surface area contributed by atoms with E-state index >= 15 is 0 Å².